The van der Waals surface area contributed by atoms with Crippen LogP contribution in [0, 0.1) is 5.92 Å². The van der Waals surface area contributed by atoms with Gasteiger partial charge in [-0.05, 0) is 43.5 Å². The van der Waals surface area contributed by atoms with Crippen molar-refractivity contribution in [2.75, 3.05) is 5.32 Å². The number of carbonyl (C=O) groups excluding carboxylic acids is 1. The van der Waals surface area contributed by atoms with Gasteiger partial charge in [-0.2, -0.15) is 0 Å². The zero-order valence-electron chi connectivity index (χ0n) is 9.87. The molecule has 90 valence electrons. The van der Waals surface area contributed by atoms with E-state index < -0.39 is 0 Å². The Labute approximate surface area is 110 Å². The van der Waals surface area contributed by atoms with E-state index in [0.717, 1.165) is 35.0 Å². The van der Waals surface area contributed by atoms with Crippen LogP contribution < -0.4 is 5.32 Å². The van der Waals surface area contributed by atoms with Crippen molar-refractivity contribution in [2.45, 2.75) is 26.2 Å². The number of rotatable bonds is 2. The third-order valence-corrected chi connectivity index (χ3v) is 3.63. The Bertz CT molecular complexity index is 436. The monoisotopic (exact) mass is 293 g/mol. The fourth-order valence-corrected chi connectivity index (χ4v) is 2.29. The van der Waals surface area contributed by atoms with Crippen LogP contribution in [-0.4, -0.2) is 5.78 Å². The molecule has 0 bridgehead atoms. The molecule has 3 heteroatoms. The van der Waals surface area contributed by atoms with Crippen molar-refractivity contribution >= 4 is 27.4 Å². The number of hydrogen-bond acceptors (Lipinski definition) is 2. The molecule has 1 N–H and O–H groups in total. The maximum absolute atomic E-state index is 11.9. The summed E-state index contributed by atoms with van der Waals surface area (Å²) in [5.74, 6) is 0.475. The van der Waals surface area contributed by atoms with E-state index in [2.05, 4.69) is 21.2 Å². The van der Waals surface area contributed by atoms with E-state index in [1.807, 2.05) is 37.4 Å². The first-order valence-corrected chi connectivity index (χ1v) is 6.71. The molecular formula is C14H16BrNO. The van der Waals surface area contributed by atoms with Gasteiger partial charge >= 0.3 is 0 Å². The smallest absolute Gasteiger partial charge is 0.163 e. The van der Waals surface area contributed by atoms with Gasteiger partial charge in [0, 0.05) is 27.9 Å². The maximum Gasteiger partial charge on any atom is 0.163 e. The predicted octanol–water partition coefficient (Wildman–Crippen LogP) is 4.13. The Morgan fingerprint density at radius 1 is 1.35 bits per heavy atom. The molecular weight excluding hydrogens is 278 g/mol. The second kappa shape index (κ2) is 5.50. The first kappa shape index (κ1) is 12.4. The van der Waals surface area contributed by atoms with E-state index in [4.69, 9.17) is 0 Å². The quantitative estimate of drug-likeness (QED) is 0.831. The number of nitrogens with one attached hydrogen (secondary N) is 1. The van der Waals surface area contributed by atoms with Crippen LogP contribution in [0.25, 0.3) is 0 Å². The number of allylic oxidation sites excluding steroid dienone is 1. The van der Waals surface area contributed by atoms with Gasteiger partial charge in [-0.1, -0.05) is 22.9 Å². The van der Waals surface area contributed by atoms with E-state index in [-0.39, 0.29) is 5.92 Å². The van der Waals surface area contributed by atoms with Crippen LogP contribution in [0.2, 0.25) is 0 Å². The summed E-state index contributed by atoms with van der Waals surface area (Å²) in [6.45, 7) is 2.01. The molecule has 0 amide bonds. The summed E-state index contributed by atoms with van der Waals surface area (Å²) in [4.78, 5) is 11.9. The van der Waals surface area contributed by atoms with E-state index in [0.29, 0.717) is 5.78 Å². The van der Waals surface area contributed by atoms with Crippen molar-refractivity contribution in [1.29, 1.82) is 0 Å². The highest BCUT2D eigenvalue weighted by Crippen LogP contribution is 2.25. The highest BCUT2D eigenvalue weighted by molar-refractivity contribution is 9.10. The van der Waals surface area contributed by atoms with Crippen molar-refractivity contribution in [2.24, 2.45) is 5.92 Å². The van der Waals surface area contributed by atoms with Crippen molar-refractivity contribution in [3.63, 3.8) is 0 Å². The molecule has 1 atom stereocenters. The lowest BCUT2D eigenvalue weighted by Crippen LogP contribution is -2.19. The Morgan fingerprint density at radius 2 is 2.06 bits per heavy atom. The number of anilines is 1. The SMILES string of the molecule is C[C@H]1CCC/C(=C/Nc2ccc(Br)cc2)C1=O. The normalized spacial score (nSPS) is 22.8. The van der Waals surface area contributed by atoms with Gasteiger partial charge < -0.3 is 5.32 Å². The molecule has 1 fully saturated rings. The van der Waals surface area contributed by atoms with Crippen molar-refractivity contribution < 1.29 is 4.79 Å². The van der Waals surface area contributed by atoms with Gasteiger partial charge in [0.2, 0.25) is 0 Å². The van der Waals surface area contributed by atoms with Gasteiger partial charge in [-0.3, -0.25) is 4.79 Å². The first-order chi connectivity index (χ1) is 8.16. The number of Topliss-reactive ketones (excluding diaryl/α,β-unsaturated/α-hetero) is 1. The lowest BCUT2D eigenvalue weighted by atomic mass is 9.86. The third-order valence-electron chi connectivity index (χ3n) is 3.10. The molecule has 0 saturated heterocycles. The molecule has 2 rings (SSSR count). The standard InChI is InChI=1S/C14H16BrNO/c1-10-3-2-4-11(14(10)17)9-16-13-7-5-12(15)6-8-13/h5-10,16H,2-4H2,1H3/b11-9-/t10-/m0/s1. The van der Waals surface area contributed by atoms with Gasteiger partial charge in [0.25, 0.3) is 0 Å². The Hall–Kier alpha value is -1.09. The second-order valence-corrected chi connectivity index (χ2v) is 5.39. The molecule has 1 aromatic carbocycles. The maximum atomic E-state index is 11.9. The molecule has 1 aromatic rings. The van der Waals surface area contributed by atoms with E-state index in [1.165, 1.54) is 0 Å². The van der Waals surface area contributed by atoms with Crippen LogP contribution in [0.3, 0.4) is 0 Å². The predicted molar refractivity (Wildman–Crippen MR) is 73.9 cm³/mol. The fourth-order valence-electron chi connectivity index (χ4n) is 2.03. The fraction of sp³-hybridized carbons (Fsp3) is 0.357. The molecule has 2 nitrogen and oxygen atoms in total. The van der Waals surface area contributed by atoms with Crippen LogP contribution >= 0.6 is 15.9 Å². The minimum absolute atomic E-state index is 0.182. The summed E-state index contributed by atoms with van der Waals surface area (Å²) < 4.78 is 1.05. The molecule has 17 heavy (non-hydrogen) atoms. The summed E-state index contributed by atoms with van der Waals surface area (Å²) in [6.07, 6.45) is 4.89. The third kappa shape index (κ3) is 3.19. The van der Waals surface area contributed by atoms with Crippen LogP contribution in [0.5, 0.6) is 0 Å². The zero-order valence-corrected chi connectivity index (χ0v) is 11.5. The summed E-state index contributed by atoms with van der Waals surface area (Å²) >= 11 is 3.39. The number of ketones is 1. The highest BCUT2D eigenvalue weighted by atomic mass is 79.9. The number of halogens is 1. The highest BCUT2D eigenvalue weighted by Gasteiger charge is 2.22. The number of carbonyl (C=O) groups is 1. The van der Waals surface area contributed by atoms with Gasteiger partial charge in [0.05, 0.1) is 0 Å². The molecule has 0 aliphatic heterocycles. The van der Waals surface area contributed by atoms with Crippen LogP contribution in [0.1, 0.15) is 26.2 Å². The average molecular weight is 294 g/mol. The number of benzene rings is 1. The summed E-state index contributed by atoms with van der Waals surface area (Å²) in [7, 11) is 0. The Morgan fingerprint density at radius 3 is 2.76 bits per heavy atom. The van der Waals surface area contributed by atoms with Gasteiger partial charge in [-0.15, -0.1) is 0 Å². The van der Waals surface area contributed by atoms with Gasteiger partial charge in [-0.25, -0.2) is 0 Å². The van der Waals surface area contributed by atoms with Gasteiger partial charge in [0.15, 0.2) is 5.78 Å². The molecule has 1 aliphatic rings. The molecule has 1 aliphatic carbocycles. The van der Waals surface area contributed by atoms with E-state index >= 15 is 0 Å². The van der Waals surface area contributed by atoms with Crippen molar-refractivity contribution in [3.8, 4) is 0 Å². The van der Waals surface area contributed by atoms with E-state index in [9.17, 15) is 4.79 Å². The molecule has 0 unspecified atom stereocenters. The molecule has 0 aromatic heterocycles. The molecule has 0 spiro atoms. The molecule has 1 saturated carbocycles. The summed E-state index contributed by atoms with van der Waals surface area (Å²) in [5.41, 5.74) is 1.93. The summed E-state index contributed by atoms with van der Waals surface area (Å²) in [6, 6.07) is 7.92. The second-order valence-electron chi connectivity index (χ2n) is 4.48. The van der Waals surface area contributed by atoms with Crippen LogP contribution in [0.4, 0.5) is 5.69 Å². The lowest BCUT2D eigenvalue weighted by molar-refractivity contribution is -0.119. The van der Waals surface area contributed by atoms with Crippen molar-refractivity contribution in [1.82, 2.24) is 0 Å². The average Bonchev–Trinajstić information content (AvgIpc) is 2.33. The zero-order chi connectivity index (χ0) is 12.3. The van der Waals surface area contributed by atoms with Crippen LogP contribution in [-0.2, 0) is 4.79 Å². The van der Waals surface area contributed by atoms with Crippen molar-refractivity contribution in [3.05, 3.63) is 40.5 Å². The lowest BCUT2D eigenvalue weighted by Gasteiger charge is -2.19. The Kier molecular flexibility index (Phi) is 4.00. The molecule has 0 radical (unpaired) electrons. The summed E-state index contributed by atoms with van der Waals surface area (Å²) in [5, 5.41) is 3.19. The van der Waals surface area contributed by atoms with Gasteiger partial charge in [0.1, 0.15) is 0 Å². The largest absolute Gasteiger partial charge is 0.361 e. The minimum atomic E-state index is 0.182. The van der Waals surface area contributed by atoms with E-state index in [1.54, 1.807) is 0 Å². The first-order valence-electron chi connectivity index (χ1n) is 5.92. The topological polar surface area (TPSA) is 29.1 Å². The number of hydrogen-bond donors (Lipinski definition) is 1. The van der Waals surface area contributed by atoms with Crippen LogP contribution in [0.15, 0.2) is 40.5 Å². The molecule has 0 heterocycles. The Balaban J connectivity index is 2.04. The minimum Gasteiger partial charge on any atom is -0.361 e.